The largest absolute Gasteiger partial charge is 0.352 e. The second kappa shape index (κ2) is 8.65. The number of rotatable bonds is 6. The molecule has 0 amide bonds. The summed E-state index contributed by atoms with van der Waals surface area (Å²) in [7, 11) is 0. The quantitative estimate of drug-likeness (QED) is 0.472. The van der Waals surface area contributed by atoms with Gasteiger partial charge in [-0.1, -0.05) is 18.2 Å². The monoisotopic (exact) mass is 426 g/mol. The number of nitrogens with one attached hydrogen (secondary N) is 1. The van der Waals surface area contributed by atoms with Gasteiger partial charge in [-0.3, -0.25) is 15.0 Å². The average molecular weight is 427 g/mol. The lowest BCUT2D eigenvalue weighted by Crippen LogP contribution is -2.30. The third-order valence-corrected chi connectivity index (χ3v) is 5.83. The van der Waals surface area contributed by atoms with E-state index in [2.05, 4.69) is 48.1 Å². The molecule has 1 fully saturated rings. The second-order valence-electron chi connectivity index (χ2n) is 7.46. The van der Waals surface area contributed by atoms with Gasteiger partial charge in [-0.25, -0.2) is 0 Å². The summed E-state index contributed by atoms with van der Waals surface area (Å²) < 4.78 is 2.24. The Kier molecular flexibility index (Phi) is 5.41. The van der Waals surface area contributed by atoms with E-state index in [1.807, 2.05) is 73.2 Å². The van der Waals surface area contributed by atoms with Crippen LogP contribution in [0.5, 0.6) is 0 Å². The first-order valence-electron chi connectivity index (χ1n) is 10.2. The Morgan fingerprint density at radius 3 is 2.10 bits per heavy atom. The fraction of sp³-hybridized carbons (Fsp3) is 0.167. The fourth-order valence-corrected chi connectivity index (χ4v) is 4.37. The van der Waals surface area contributed by atoms with Crippen molar-refractivity contribution in [2.24, 2.45) is 0 Å². The molecule has 0 unspecified atom stereocenters. The molecule has 154 valence electrons. The lowest BCUT2D eigenvalue weighted by atomic mass is 10.0. The summed E-state index contributed by atoms with van der Waals surface area (Å²) >= 11 is 5.78. The minimum absolute atomic E-state index is 0.0249. The SMILES string of the molecule is S=C1N[C@H](c2ccccn2)[C@H](c2cccn2Cc2ccccn2)N1Cc1ccccn1. The molecular formula is C24H22N6S. The molecule has 1 aliphatic heterocycles. The molecule has 0 saturated carbocycles. The van der Waals surface area contributed by atoms with E-state index in [0.29, 0.717) is 18.2 Å². The number of thiocarbonyl (C=S) groups is 1. The van der Waals surface area contributed by atoms with Gasteiger partial charge in [0.05, 0.1) is 42.3 Å². The first-order chi connectivity index (χ1) is 15.3. The molecule has 0 aliphatic carbocycles. The van der Waals surface area contributed by atoms with E-state index in [-0.39, 0.29) is 12.1 Å². The maximum atomic E-state index is 5.78. The number of hydrogen-bond acceptors (Lipinski definition) is 4. The molecule has 0 spiro atoms. The zero-order chi connectivity index (χ0) is 21.0. The van der Waals surface area contributed by atoms with Crippen LogP contribution in [0.3, 0.4) is 0 Å². The van der Waals surface area contributed by atoms with Gasteiger partial charge < -0.3 is 14.8 Å². The molecule has 1 aliphatic rings. The summed E-state index contributed by atoms with van der Waals surface area (Å²) in [4.78, 5) is 15.9. The minimum Gasteiger partial charge on any atom is -0.352 e. The predicted molar refractivity (Wildman–Crippen MR) is 123 cm³/mol. The predicted octanol–water partition coefficient (Wildman–Crippen LogP) is 3.89. The zero-order valence-electron chi connectivity index (χ0n) is 16.9. The van der Waals surface area contributed by atoms with Crippen molar-refractivity contribution in [3.63, 3.8) is 0 Å². The van der Waals surface area contributed by atoms with Crippen molar-refractivity contribution in [2.75, 3.05) is 0 Å². The Bertz CT molecular complexity index is 1150. The molecule has 31 heavy (non-hydrogen) atoms. The molecule has 2 atom stereocenters. The highest BCUT2D eigenvalue weighted by Crippen LogP contribution is 2.39. The lowest BCUT2D eigenvalue weighted by Gasteiger charge is -2.28. The number of aromatic nitrogens is 4. The van der Waals surface area contributed by atoms with E-state index in [0.717, 1.165) is 22.8 Å². The summed E-state index contributed by atoms with van der Waals surface area (Å²) in [5.74, 6) is 0. The van der Waals surface area contributed by atoms with E-state index >= 15 is 0 Å². The van der Waals surface area contributed by atoms with E-state index in [1.54, 1.807) is 0 Å². The van der Waals surface area contributed by atoms with Gasteiger partial charge in [-0.15, -0.1) is 0 Å². The zero-order valence-corrected chi connectivity index (χ0v) is 17.7. The van der Waals surface area contributed by atoms with E-state index in [1.165, 1.54) is 0 Å². The standard InChI is InChI=1S/C24H22N6S/c31-24-28-22(20-10-3-6-14-27-20)23(30(24)17-19-9-2-5-13-26-19)21-11-7-15-29(21)16-18-8-1-4-12-25-18/h1-15,22-23H,16-17H2,(H,28,31)/t22-,23+/m1/s1. The molecule has 5 rings (SSSR count). The highest BCUT2D eigenvalue weighted by molar-refractivity contribution is 7.80. The van der Waals surface area contributed by atoms with Crippen molar-refractivity contribution in [1.82, 2.24) is 29.7 Å². The Labute approximate surface area is 186 Å². The lowest BCUT2D eigenvalue weighted by molar-refractivity contribution is 0.295. The molecule has 6 nitrogen and oxygen atoms in total. The van der Waals surface area contributed by atoms with Crippen LogP contribution < -0.4 is 5.32 Å². The molecule has 7 heteroatoms. The van der Waals surface area contributed by atoms with Crippen LogP contribution in [0.25, 0.3) is 0 Å². The maximum absolute atomic E-state index is 5.78. The molecule has 1 N–H and O–H groups in total. The summed E-state index contributed by atoms with van der Waals surface area (Å²) in [6.07, 6.45) is 7.57. The Morgan fingerprint density at radius 2 is 1.45 bits per heavy atom. The fourth-order valence-electron chi connectivity index (χ4n) is 4.07. The molecule has 4 aromatic heterocycles. The molecular weight excluding hydrogens is 404 g/mol. The summed E-state index contributed by atoms with van der Waals surface area (Å²) in [6, 6.07) is 22.1. The second-order valence-corrected chi connectivity index (χ2v) is 7.84. The Morgan fingerprint density at radius 1 is 0.774 bits per heavy atom. The molecule has 0 aromatic carbocycles. The number of nitrogens with zero attached hydrogens (tertiary/aromatic N) is 5. The normalized spacial score (nSPS) is 18.2. The highest BCUT2D eigenvalue weighted by Gasteiger charge is 2.41. The molecule has 1 saturated heterocycles. The summed E-state index contributed by atoms with van der Waals surface area (Å²) in [6.45, 7) is 1.31. The van der Waals surface area contributed by atoms with Crippen LogP contribution in [-0.2, 0) is 13.1 Å². The van der Waals surface area contributed by atoms with Gasteiger partial charge in [-0.2, -0.15) is 0 Å². The van der Waals surface area contributed by atoms with Crippen molar-refractivity contribution < 1.29 is 0 Å². The first kappa shape index (κ1) is 19.4. The van der Waals surface area contributed by atoms with Gasteiger partial charge in [0.15, 0.2) is 5.11 Å². The van der Waals surface area contributed by atoms with Gasteiger partial charge >= 0.3 is 0 Å². The van der Waals surface area contributed by atoms with Gasteiger partial charge in [0.1, 0.15) is 0 Å². The van der Waals surface area contributed by atoms with Crippen LogP contribution in [0.1, 0.15) is 34.9 Å². The third kappa shape index (κ3) is 4.04. The van der Waals surface area contributed by atoms with Crippen LogP contribution in [-0.4, -0.2) is 29.5 Å². The van der Waals surface area contributed by atoms with Crippen molar-refractivity contribution >= 4 is 17.3 Å². The van der Waals surface area contributed by atoms with Crippen molar-refractivity contribution in [3.8, 4) is 0 Å². The minimum atomic E-state index is -0.0604. The average Bonchev–Trinajstić information content (AvgIpc) is 3.40. The number of hydrogen-bond donors (Lipinski definition) is 1. The highest BCUT2D eigenvalue weighted by atomic mass is 32.1. The van der Waals surface area contributed by atoms with Gasteiger partial charge in [0, 0.05) is 30.5 Å². The van der Waals surface area contributed by atoms with Crippen molar-refractivity contribution in [3.05, 3.63) is 114 Å². The first-order valence-corrected chi connectivity index (χ1v) is 10.6. The van der Waals surface area contributed by atoms with E-state index in [4.69, 9.17) is 12.2 Å². The van der Waals surface area contributed by atoms with Crippen molar-refractivity contribution in [2.45, 2.75) is 25.2 Å². The summed E-state index contributed by atoms with van der Waals surface area (Å²) in [5.41, 5.74) is 4.11. The van der Waals surface area contributed by atoms with Crippen molar-refractivity contribution in [1.29, 1.82) is 0 Å². The van der Waals surface area contributed by atoms with Crippen LogP contribution in [0.2, 0.25) is 0 Å². The van der Waals surface area contributed by atoms with Gasteiger partial charge in [0.2, 0.25) is 0 Å². The van der Waals surface area contributed by atoms with E-state index in [9.17, 15) is 0 Å². The number of pyridine rings is 3. The van der Waals surface area contributed by atoms with Crippen LogP contribution in [0.4, 0.5) is 0 Å². The molecule has 4 aromatic rings. The van der Waals surface area contributed by atoms with Crippen LogP contribution in [0.15, 0.2) is 91.5 Å². The smallest absolute Gasteiger partial charge is 0.170 e. The topological polar surface area (TPSA) is 58.9 Å². The van der Waals surface area contributed by atoms with Gasteiger partial charge in [-0.05, 0) is 60.7 Å². The summed E-state index contributed by atoms with van der Waals surface area (Å²) in [5, 5.41) is 4.21. The third-order valence-electron chi connectivity index (χ3n) is 5.48. The van der Waals surface area contributed by atoms with Gasteiger partial charge in [0.25, 0.3) is 0 Å². The molecule has 0 radical (unpaired) electrons. The molecule has 0 bridgehead atoms. The van der Waals surface area contributed by atoms with Crippen LogP contribution >= 0.6 is 12.2 Å². The Hall–Kier alpha value is -3.58. The maximum Gasteiger partial charge on any atom is 0.170 e. The Balaban J connectivity index is 1.54. The van der Waals surface area contributed by atoms with E-state index < -0.39 is 0 Å². The van der Waals surface area contributed by atoms with Crippen LogP contribution in [0, 0.1) is 0 Å². The molecule has 5 heterocycles.